The summed E-state index contributed by atoms with van der Waals surface area (Å²) in [6, 6.07) is 11.2. The van der Waals surface area contributed by atoms with Gasteiger partial charge < -0.3 is 34.1 Å². The van der Waals surface area contributed by atoms with Crippen molar-refractivity contribution in [2.45, 2.75) is 76.2 Å². The van der Waals surface area contributed by atoms with Gasteiger partial charge in [0.1, 0.15) is 4.83 Å². The molecular formula is C30H36ClN3O6S. The fraction of sp³-hybridized carbons (Fsp3) is 0.533. The monoisotopic (exact) mass is 601 g/mol. The van der Waals surface area contributed by atoms with Crippen molar-refractivity contribution in [1.82, 2.24) is 15.2 Å². The number of nitrogens with zero attached hydrogens (tertiary/aromatic N) is 1. The van der Waals surface area contributed by atoms with E-state index in [-0.39, 0.29) is 43.2 Å². The fourth-order valence-corrected chi connectivity index (χ4v) is 7.22. The largest absolute Gasteiger partial charge is 0.353 e. The van der Waals surface area contributed by atoms with Crippen molar-refractivity contribution in [3.8, 4) is 0 Å². The Balaban J connectivity index is 1.22. The molecule has 2 saturated heterocycles. The number of carbonyl (C=O) groups is 2. The molecule has 4 heterocycles. The van der Waals surface area contributed by atoms with Gasteiger partial charge in [0.15, 0.2) is 18.2 Å². The van der Waals surface area contributed by atoms with Crippen molar-refractivity contribution < 1.29 is 28.5 Å². The number of thiophene rings is 1. The smallest absolute Gasteiger partial charge is 0.254 e. The maximum atomic E-state index is 14.0. The Morgan fingerprint density at radius 3 is 2.85 bits per heavy atom. The van der Waals surface area contributed by atoms with Gasteiger partial charge in [-0.05, 0) is 62.8 Å². The molecule has 2 N–H and O–H groups in total. The Kier molecular flexibility index (Phi) is 8.40. The van der Waals surface area contributed by atoms with Crippen LogP contribution in [0.3, 0.4) is 0 Å². The molecule has 1 aromatic carbocycles. The highest BCUT2D eigenvalue weighted by atomic mass is 35.5. The summed E-state index contributed by atoms with van der Waals surface area (Å²) in [5.74, 6) is -1.13. The third kappa shape index (κ3) is 6.48. The SMILES string of the molecule is CC1(C)OC[C@H](C(=O)N(CCOC2CCCCO2)[C@@H]2c3ccccc3C[C@H]2NC(=O)Cc2cc3cc(Cl)sc3[nH]2)O1. The highest BCUT2D eigenvalue weighted by Gasteiger charge is 2.45. The van der Waals surface area contributed by atoms with E-state index in [0.29, 0.717) is 30.5 Å². The molecule has 1 unspecified atom stereocenters. The van der Waals surface area contributed by atoms with Crippen LogP contribution in [0.4, 0.5) is 0 Å². The number of ether oxygens (including phenoxy) is 4. The van der Waals surface area contributed by atoms with Crippen LogP contribution in [0.25, 0.3) is 10.2 Å². The molecule has 6 rings (SSSR count). The van der Waals surface area contributed by atoms with Crippen molar-refractivity contribution in [2.75, 3.05) is 26.4 Å². The second kappa shape index (κ2) is 12.0. The molecule has 0 spiro atoms. The van der Waals surface area contributed by atoms with Gasteiger partial charge in [-0.3, -0.25) is 9.59 Å². The average molecular weight is 602 g/mol. The van der Waals surface area contributed by atoms with Crippen LogP contribution in [-0.4, -0.2) is 72.3 Å². The molecule has 1 aliphatic carbocycles. The zero-order valence-corrected chi connectivity index (χ0v) is 24.9. The first-order chi connectivity index (χ1) is 19.8. The molecule has 2 aromatic heterocycles. The lowest BCUT2D eigenvalue weighted by Crippen LogP contribution is -2.51. The number of amides is 2. The maximum absolute atomic E-state index is 14.0. The summed E-state index contributed by atoms with van der Waals surface area (Å²) in [6.07, 6.45) is 2.75. The molecule has 41 heavy (non-hydrogen) atoms. The van der Waals surface area contributed by atoms with E-state index in [9.17, 15) is 9.59 Å². The number of aromatic amines is 1. The average Bonchev–Trinajstić information content (AvgIpc) is 3.68. The fourth-order valence-electron chi connectivity index (χ4n) is 6.07. The molecule has 2 fully saturated rings. The van der Waals surface area contributed by atoms with Crippen LogP contribution in [0.5, 0.6) is 0 Å². The number of nitrogens with one attached hydrogen (secondary N) is 2. The first kappa shape index (κ1) is 28.6. The number of carbonyl (C=O) groups excluding carboxylic acids is 2. The van der Waals surface area contributed by atoms with Crippen LogP contribution < -0.4 is 5.32 Å². The van der Waals surface area contributed by atoms with Crippen LogP contribution >= 0.6 is 22.9 Å². The third-order valence-corrected chi connectivity index (χ3v) is 9.10. The van der Waals surface area contributed by atoms with E-state index >= 15 is 0 Å². The summed E-state index contributed by atoms with van der Waals surface area (Å²) < 4.78 is 24.2. The highest BCUT2D eigenvalue weighted by molar-refractivity contribution is 7.22. The lowest BCUT2D eigenvalue weighted by molar-refractivity contribution is -0.173. The van der Waals surface area contributed by atoms with Crippen molar-refractivity contribution in [2.24, 2.45) is 0 Å². The van der Waals surface area contributed by atoms with Crippen LogP contribution in [0.1, 0.15) is 56.0 Å². The Labute approximate surface area is 248 Å². The molecule has 11 heteroatoms. The predicted molar refractivity (Wildman–Crippen MR) is 156 cm³/mol. The summed E-state index contributed by atoms with van der Waals surface area (Å²) in [4.78, 5) is 33.4. The molecule has 2 amide bonds. The quantitative estimate of drug-likeness (QED) is 0.368. The van der Waals surface area contributed by atoms with Gasteiger partial charge in [-0.25, -0.2) is 0 Å². The molecule has 0 saturated carbocycles. The van der Waals surface area contributed by atoms with Gasteiger partial charge >= 0.3 is 0 Å². The lowest BCUT2D eigenvalue weighted by atomic mass is 10.0. The number of halogens is 1. The number of hydrogen-bond acceptors (Lipinski definition) is 7. The van der Waals surface area contributed by atoms with Gasteiger partial charge in [0.25, 0.3) is 5.91 Å². The molecule has 3 aromatic rings. The van der Waals surface area contributed by atoms with E-state index in [1.165, 1.54) is 11.3 Å². The van der Waals surface area contributed by atoms with Gasteiger partial charge in [0, 0.05) is 24.2 Å². The minimum absolute atomic E-state index is 0.117. The molecular weight excluding hydrogens is 566 g/mol. The Bertz CT molecular complexity index is 1370. The van der Waals surface area contributed by atoms with Gasteiger partial charge in [0.05, 0.1) is 36.1 Å². The van der Waals surface area contributed by atoms with E-state index in [0.717, 1.165) is 46.3 Å². The van der Waals surface area contributed by atoms with Crippen LogP contribution in [0, 0.1) is 0 Å². The van der Waals surface area contributed by atoms with E-state index < -0.39 is 11.9 Å². The zero-order chi connectivity index (χ0) is 28.6. The van der Waals surface area contributed by atoms with E-state index in [1.54, 1.807) is 13.8 Å². The summed E-state index contributed by atoms with van der Waals surface area (Å²) in [5, 5.41) is 4.24. The molecule has 220 valence electrons. The molecule has 0 bridgehead atoms. The van der Waals surface area contributed by atoms with Crippen molar-refractivity contribution >= 4 is 45.0 Å². The summed E-state index contributed by atoms with van der Waals surface area (Å²) in [5.41, 5.74) is 2.95. The van der Waals surface area contributed by atoms with E-state index in [1.807, 2.05) is 35.2 Å². The summed E-state index contributed by atoms with van der Waals surface area (Å²) >= 11 is 7.56. The van der Waals surface area contributed by atoms with Crippen LogP contribution in [-0.2, 0) is 41.4 Å². The minimum Gasteiger partial charge on any atom is -0.353 e. The molecule has 3 aliphatic rings. The zero-order valence-electron chi connectivity index (χ0n) is 23.3. The molecule has 0 radical (unpaired) electrons. The molecule has 4 atom stereocenters. The van der Waals surface area contributed by atoms with Crippen molar-refractivity contribution in [1.29, 1.82) is 0 Å². The van der Waals surface area contributed by atoms with Gasteiger partial charge in [0.2, 0.25) is 5.91 Å². The molecule has 2 aliphatic heterocycles. The Morgan fingerprint density at radius 2 is 2.10 bits per heavy atom. The van der Waals surface area contributed by atoms with Gasteiger partial charge in [-0.15, -0.1) is 11.3 Å². The number of aromatic nitrogens is 1. The number of fused-ring (bicyclic) bond motifs is 2. The third-order valence-electron chi connectivity index (χ3n) is 7.90. The second-order valence-corrected chi connectivity index (χ2v) is 13.0. The first-order valence-electron chi connectivity index (χ1n) is 14.3. The number of rotatable bonds is 9. The van der Waals surface area contributed by atoms with Gasteiger partial charge in [-0.2, -0.15) is 0 Å². The standard InChI is InChI=1S/C30H36ClN3O6S/c1-30(2)39-17-23(40-30)29(36)34(10-12-38-26-9-5-6-11-37-26)27-21-8-4-3-7-18(21)14-22(27)33-25(35)16-20-13-19-15-24(31)41-28(19)32-20/h3-4,7-8,13,15,22-23,26-27,32H,5-6,9-12,14,16-17H2,1-2H3,(H,33,35)/t22-,23-,26?,27-/m1/s1. The van der Waals surface area contributed by atoms with Gasteiger partial charge in [-0.1, -0.05) is 35.9 Å². The van der Waals surface area contributed by atoms with Crippen LogP contribution in [0.15, 0.2) is 36.4 Å². The predicted octanol–water partition coefficient (Wildman–Crippen LogP) is 4.73. The lowest BCUT2D eigenvalue weighted by Gasteiger charge is -2.36. The molecule has 9 nitrogen and oxygen atoms in total. The maximum Gasteiger partial charge on any atom is 0.254 e. The number of H-pyrrole nitrogens is 1. The highest BCUT2D eigenvalue weighted by Crippen LogP contribution is 2.38. The topological polar surface area (TPSA) is 102 Å². The van der Waals surface area contributed by atoms with Crippen LogP contribution in [0.2, 0.25) is 4.34 Å². The van der Waals surface area contributed by atoms with Crippen molar-refractivity contribution in [3.05, 3.63) is 57.6 Å². The van der Waals surface area contributed by atoms with E-state index in [2.05, 4.69) is 16.4 Å². The second-order valence-electron chi connectivity index (χ2n) is 11.3. The van der Waals surface area contributed by atoms with Crippen molar-refractivity contribution in [3.63, 3.8) is 0 Å². The number of hydrogen-bond donors (Lipinski definition) is 2. The Hall–Kier alpha value is -2.47. The van der Waals surface area contributed by atoms with E-state index in [4.69, 9.17) is 30.5 Å². The summed E-state index contributed by atoms with van der Waals surface area (Å²) in [6.45, 7) is 5.12. The summed E-state index contributed by atoms with van der Waals surface area (Å²) in [7, 11) is 0. The number of benzene rings is 1. The first-order valence-corrected chi connectivity index (χ1v) is 15.4. The minimum atomic E-state index is -0.840. The normalized spacial score (nSPS) is 25.3. The Morgan fingerprint density at radius 1 is 1.24 bits per heavy atom.